The quantitative estimate of drug-likeness (QED) is 0.470. The Morgan fingerprint density at radius 1 is 1.57 bits per heavy atom. The molecule has 0 saturated carbocycles. The number of carbonyl (C=O) groups excluding carboxylic acids is 1. The second-order valence-electron chi connectivity index (χ2n) is 2.67. The summed E-state index contributed by atoms with van der Waals surface area (Å²) in [5, 5.41) is 0.141. The topological polar surface area (TPSA) is 63.4 Å². The summed E-state index contributed by atoms with van der Waals surface area (Å²) < 4.78 is 4.58. The fourth-order valence-electron chi connectivity index (χ4n) is 1.22. The lowest BCUT2D eigenvalue weighted by Crippen LogP contribution is -2.14. The maximum Gasteiger partial charge on any atom is 0.339 e. The van der Waals surface area contributed by atoms with Crippen molar-refractivity contribution in [2.45, 2.75) is 6.17 Å². The number of methoxy groups -OCH3 is 1. The van der Waals surface area contributed by atoms with Crippen LogP contribution in [0.2, 0.25) is 0 Å². The first kappa shape index (κ1) is 9.08. The van der Waals surface area contributed by atoms with Gasteiger partial charge in [0, 0.05) is 18.0 Å². The molecule has 2 aliphatic rings. The zero-order valence-electron chi connectivity index (χ0n) is 7.27. The Kier molecular flexibility index (Phi) is 2.17. The van der Waals surface area contributed by atoms with Crippen molar-refractivity contribution in [2.24, 2.45) is 15.0 Å². The van der Waals surface area contributed by atoms with E-state index < -0.39 is 12.1 Å². The maximum absolute atomic E-state index is 11.2. The molecule has 1 atom stereocenters. The zero-order valence-corrected chi connectivity index (χ0v) is 8.02. The van der Waals surface area contributed by atoms with Crippen LogP contribution in [0.3, 0.4) is 0 Å². The van der Waals surface area contributed by atoms with Crippen molar-refractivity contribution in [3.8, 4) is 0 Å². The van der Waals surface area contributed by atoms with Crippen molar-refractivity contribution in [3.63, 3.8) is 0 Å². The van der Waals surface area contributed by atoms with Gasteiger partial charge in [-0.15, -0.1) is 0 Å². The van der Waals surface area contributed by atoms with Gasteiger partial charge in [-0.25, -0.2) is 14.8 Å². The average molecular weight is 212 g/mol. The van der Waals surface area contributed by atoms with E-state index in [0.717, 1.165) is 0 Å². The van der Waals surface area contributed by atoms with Crippen LogP contribution in [0.25, 0.3) is 0 Å². The number of esters is 1. The Bertz CT molecular complexity index is 409. The van der Waals surface area contributed by atoms with Crippen molar-refractivity contribution >= 4 is 35.3 Å². The minimum atomic E-state index is -0.439. The monoisotopic (exact) mass is 211 g/mol. The van der Waals surface area contributed by atoms with Crippen LogP contribution in [0.5, 0.6) is 0 Å². The molecule has 0 N–H and O–H groups in total. The third kappa shape index (κ3) is 1.35. The van der Waals surface area contributed by atoms with Crippen LogP contribution < -0.4 is 0 Å². The van der Waals surface area contributed by atoms with E-state index in [0.29, 0.717) is 11.1 Å². The lowest BCUT2D eigenvalue weighted by molar-refractivity contribution is -0.135. The Balaban J connectivity index is 2.38. The predicted octanol–water partition coefficient (Wildman–Crippen LogP) is 0.546. The molecule has 0 radical (unpaired) electrons. The number of aliphatic imine (C=N–C) groups is 3. The van der Waals surface area contributed by atoms with Gasteiger partial charge in [0.2, 0.25) is 5.29 Å². The second kappa shape index (κ2) is 3.34. The van der Waals surface area contributed by atoms with E-state index in [1.165, 1.54) is 19.5 Å². The van der Waals surface area contributed by atoms with Crippen LogP contribution in [0.1, 0.15) is 0 Å². The number of halogens is 1. The minimum absolute atomic E-state index is 0.141. The summed E-state index contributed by atoms with van der Waals surface area (Å²) in [5.74, 6) is -0.439. The van der Waals surface area contributed by atoms with Crippen LogP contribution in [-0.4, -0.2) is 37.0 Å². The van der Waals surface area contributed by atoms with Gasteiger partial charge in [-0.1, -0.05) is 0 Å². The molecule has 6 heteroatoms. The number of hydrogen-bond acceptors (Lipinski definition) is 5. The van der Waals surface area contributed by atoms with E-state index in [1.807, 2.05) is 0 Å². The normalized spacial score (nSPS) is 23.6. The van der Waals surface area contributed by atoms with Gasteiger partial charge >= 0.3 is 5.97 Å². The number of ether oxygens (including phenoxy) is 1. The second-order valence-corrected chi connectivity index (χ2v) is 3.01. The van der Waals surface area contributed by atoms with Gasteiger partial charge in [0.05, 0.1) is 12.7 Å². The van der Waals surface area contributed by atoms with Crippen molar-refractivity contribution in [1.29, 1.82) is 0 Å². The van der Waals surface area contributed by atoms with Gasteiger partial charge in [0.15, 0.2) is 6.17 Å². The molecule has 0 spiro atoms. The summed E-state index contributed by atoms with van der Waals surface area (Å²) in [5.41, 5.74) is 1.01. The Labute approximate surface area is 84.9 Å². The van der Waals surface area contributed by atoms with E-state index >= 15 is 0 Å². The Morgan fingerprint density at radius 2 is 2.36 bits per heavy atom. The highest BCUT2D eigenvalue weighted by Crippen LogP contribution is 2.22. The van der Waals surface area contributed by atoms with E-state index in [9.17, 15) is 4.79 Å². The summed E-state index contributed by atoms with van der Waals surface area (Å²) in [6, 6.07) is 0. The molecule has 0 saturated heterocycles. The number of fused-ring (bicyclic) bond motifs is 1. The molecule has 0 aromatic carbocycles. The van der Waals surface area contributed by atoms with Crippen molar-refractivity contribution in [2.75, 3.05) is 7.11 Å². The van der Waals surface area contributed by atoms with Crippen LogP contribution >= 0.6 is 11.6 Å². The molecule has 2 heterocycles. The molecule has 0 unspecified atom stereocenters. The van der Waals surface area contributed by atoms with E-state index in [2.05, 4.69) is 19.7 Å². The van der Waals surface area contributed by atoms with Gasteiger partial charge in [-0.05, 0) is 11.6 Å². The summed E-state index contributed by atoms with van der Waals surface area (Å²) in [4.78, 5) is 22.9. The molecule has 2 aliphatic heterocycles. The molecule has 0 bridgehead atoms. The van der Waals surface area contributed by atoms with Crippen molar-refractivity contribution in [1.82, 2.24) is 0 Å². The van der Waals surface area contributed by atoms with E-state index in [1.54, 1.807) is 0 Å². The minimum Gasteiger partial charge on any atom is -0.465 e. The number of carbonyl (C=O) groups is 1. The SMILES string of the molecule is COC(=O)C1=C2C=NC(Cl)=N[C@H]2N=C1. The summed E-state index contributed by atoms with van der Waals surface area (Å²) in [6.07, 6.45) is 2.48. The Morgan fingerprint density at radius 3 is 3.07 bits per heavy atom. The summed E-state index contributed by atoms with van der Waals surface area (Å²) in [6.45, 7) is 0. The summed E-state index contributed by atoms with van der Waals surface area (Å²) in [7, 11) is 1.31. The van der Waals surface area contributed by atoms with Crippen LogP contribution in [-0.2, 0) is 9.53 Å². The molecule has 2 rings (SSSR count). The number of hydrogen-bond donors (Lipinski definition) is 0. The van der Waals surface area contributed by atoms with Crippen LogP contribution in [0, 0.1) is 0 Å². The van der Waals surface area contributed by atoms with Gasteiger partial charge in [0.25, 0.3) is 0 Å². The number of nitrogens with zero attached hydrogens (tertiary/aromatic N) is 3. The average Bonchev–Trinajstić information content (AvgIpc) is 2.59. The number of rotatable bonds is 1. The van der Waals surface area contributed by atoms with Gasteiger partial charge in [0.1, 0.15) is 0 Å². The molecule has 0 amide bonds. The molecule has 0 aromatic rings. The summed E-state index contributed by atoms with van der Waals surface area (Å²) >= 11 is 5.58. The fourth-order valence-corrected chi connectivity index (χ4v) is 1.36. The lowest BCUT2D eigenvalue weighted by Gasteiger charge is -2.08. The zero-order chi connectivity index (χ0) is 10.1. The van der Waals surface area contributed by atoms with Crippen molar-refractivity contribution in [3.05, 3.63) is 11.1 Å². The standard InChI is InChI=1S/C8H6ClN3O2/c1-14-7(13)5-3-10-6-4(5)2-11-8(9)12-6/h2-3,6H,1H3/t6-/m1/s1. The fraction of sp³-hybridized carbons (Fsp3) is 0.250. The smallest absolute Gasteiger partial charge is 0.339 e. The maximum atomic E-state index is 11.2. The first-order valence-electron chi connectivity index (χ1n) is 3.85. The lowest BCUT2D eigenvalue weighted by atomic mass is 10.1. The third-order valence-electron chi connectivity index (χ3n) is 1.88. The van der Waals surface area contributed by atoms with Gasteiger partial charge in [-0.2, -0.15) is 0 Å². The largest absolute Gasteiger partial charge is 0.465 e. The van der Waals surface area contributed by atoms with E-state index in [-0.39, 0.29) is 5.29 Å². The van der Waals surface area contributed by atoms with Gasteiger partial charge < -0.3 is 4.74 Å². The predicted molar refractivity (Wildman–Crippen MR) is 53.1 cm³/mol. The number of amidine groups is 1. The third-order valence-corrected chi connectivity index (χ3v) is 2.07. The molecular weight excluding hydrogens is 206 g/mol. The molecule has 72 valence electrons. The molecule has 0 fully saturated rings. The molecule has 14 heavy (non-hydrogen) atoms. The van der Waals surface area contributed by atoms with Crippen LogP contribution in [0.4, 0.5) is 0 Å². The first-order valence-corrected chi connectivity index (χ1v) is 4.23. The highest BCUT2D eigenvalue weighted by molar-refractivity contribution is 6.65. The Hall–Kier alpha value is -1.49. The molecule has 0 aromatic heterocycles. The molecule has 0 aliphatic carbocycles. The molecule has 5 nitrogen and oxygen atoms in total. The highest BCUT2D eigenvalue weighted by Gasteiger charge is 2.27. The molecular formula is C8H6ClN3O2. The van der Waals surface area contributed by atoms with E-state index in [4.69, 9.17) is 11.6 Å². The first-order chi connectivity index (χ1) is 6.72. The van der Waals surface area contributed by atoms with Crippen LogP contribution in [0.15, 0.2) is 26.1 Å². The van der Waals surface area contributed by atoms with Crippen molar-refractivity contribution < 1.29 is 9.53 Å². The highest BCUT2D eigenvalue weighted by atomic mass is 35.5. The van der Waals surface area contributed by atoms with Gasteiger partial charge in [-0.3, -0.25) is 4.99 Å².